The molecule has 0 aromatic heterocycles. The number of benzene rings is 4. The van der Waals surface area contributed by atoms with Crippen LogP contribution < -0.4 is 23.7 Å². The Morgan fingerprint density at radius 1 is 0.559 bits per heavy atom. The van der Waals surface area contributed by atoms with Gasteiger partial charge in [-0.1, -0.05) is 18.2 Å². The SMILES string of the molecule is CN1CCc2cc3c4cc2[C@@H]1Cc1ccc(OCCCN2CCOCC2)c(c1)Oc1ccc(cc1)C[C@H]1c2c(cc(OCCCN5CCOCC5)c(c2O4)O3)CCN1C. The Kier molecular flexibility index (Phi) is 11.4. The molecule has 4 aromatic carbocycles. The van der Waals surface area contributed by atoms with Gasteiger partial charge in [-0.2, -0.15) is 0 Å². The van der Waals surface area contributed by atoms with E-state index < -0.39 is 0 Å². The zero-order chi connectivity index (χ0) is 39.7. The molecule has 0 radical (unpaired) electrons. The Morgan fingerprint density at radius 2 is 1.17 bits per heavy atom. The topological polar surface area (TPSA) is 77.6 Å². The van der Waals surface area contributed by atoms with E-state index in [0.29, 0.717) is 19.0 Å². The van der Waals surface area contributed by atoms with Crippen molar-refractivity contribution in [1.29, 1.82) is 0 Å². The van der Waals surface area contributed by atoms with Crippen molar-refractivity contribution >= 4 is 0 Å². The van der Waals surface area contributed by atoms with Crippen LogP contribution in [0.1, 0.15) is 58.3 Å². The average Bonchev–Trinajstić information content (AvgIpc) is 3.26. The highest BCUT2D eigenvalue weighted by atomic mass is 16.6. The molecule has 7 bridgehead atoms. The van der Waals surface area contributed by atoms with Crippen molar-refractivity contribution < 1.29 is 33.2 Å². The fraction of sp³-hybridized carbons (Fsp3) is 0.500. The van der Waals surface area contributed by atoms with Gasteiger partial charge in [-0.05, 0) is 123 Å². The molecule has 0 aliphatic carbocycles. The van der Waals surface area contributed by atoms with Gasteiger partial charge in [-0.25, -0.2) is 0 Å². The largest absolute Gasteiger partial charge is 0.490 e. The quantitative estimate of drug-likeness (QED) is 0.132. The minimum absolute atomic E-state index is 0.0873. The van der Waals surface area contributed by atoms with Gasteiger partial charge in [-0.15, -0.1) is 0 Å². The van der Waals surface area contributed by atoms with Crippen molar-refractivity contribution in [3.63, 3.8) is 0 Å². The summed E-state index contributed by atoms with van der Waals surface area (Å²) in [5.74, 6) is 6.11. The van der Waals surface area contributed by atoms with Crippen molar-refractivity contribution in [2.45, 2.75) is 50.6 Å². The van der Waals surface area contributed by atoms with E-state index in [1.807, 2.05) is 0 Å². The van der Waals surface area contributed by atoms with Crippen molar-refractivity contribution in [2.24, 2.45) is 0 Å². The molecule has 0 amide bonds. The first kappa shape index (κ1) is 38.8. The zero-order valence-corrected chi connectivity index (χ0v) is 34.7. The number of hydrogen-bond acceptors (Lipinski definition) is 11. The molecular formula is C48H58N4O7. The highest BCUT2D eigenvalue weighted by Crippen LogP contribution is 2.57. The number of hydrogen-bond donors (Lipinski definition) is 0. The maximum atomic E-state index is 7.15. The lowest BCUT2D eigenvalue weighted by molar-refractivity contribution is 0.0357. The first-order valence-corrected chi connectivity index (χ1v) is 21.9. The molecule has 0 spiro atoms. The van der Waals surface area contributed by atoms with Gasteiger partial charge in [0, 0.05) is 70.0 Å². The summed E-state index contributed by atoms with van der Waals surface area (Å²) in [7, 11) is 4.46. The third kappa shape index (κ3) is 8.38. The standard InChI is InChI=1S/C48H58N4O7/c1-49-15-11-35-30-43-44-32-38(35)39(49)28-34-7-10-41(55-21-3-13-51-17-23-53-24-18-51)42(29-34)57-37-8-5-33(6-9-37)27-40-46-36(12-16-50(40)2)31-45(47(58-43)48(46)59-44)56-22-4-14-52-19-25-54-26-20-52/h5-10,29-32,39-40H,3-4,11-28H2,1-2H3/t39-,40-/m0/s1. The Labute approximate surface area is 348 Å². The van der Waals surface area contributed by atoms with Crippen molar-refractivity contribution in [2.75, 3.05) is 106 Å². The number of likely N-dealkylation sites (N-methyl/N-ethyl adjacent to an activating group) is 2. The Morgan fingerprint density at radius 3 is 1.90 bits per heavy atom. The minimum atomic E-state index is 0.0873. The molecule has 7 aliphatic rings. The summed E-state index contributed by atoms with van der Waals surface area (Å²) in [6.07, 6.45) is 5.36. The summed E-state index contributed by atoms with van der Waals surface area (Å²) in [6.45, 7) is 12.3. The number of morpholine rings is 2. The summed E-state index contributed by atoms with van der Waals surface area (Å²) in [5.41, 5.74) is 7.46. The van der Waals surface area contributed by atoms with Crippen LogP contribution in [0.15, 0.2) is 60.7 Å². The lowest BCUT2D eigenvalue weighted by atomic mass is 9.86. The van der Waals surface area contributed by atoms with Gasteiger partial charge in [0.15, 0.2) is 34.5 Å². The van der Waals surface area contributed by atoms with E-state index in [4.69, 9.17) is 33.2 Å². The molecule has 0 saturated carbocycles. The van der Waals surface area contributed by atoms with E-state index in [0.717, 1.165) is 158 Å². The second-order valence-electron chi connectivity index (χ2n) is 17.0. The van der Waals surface area contributed by atoms with Crippen LogP contribution in [-0.2, 0) is 35.2 Å². The third-order valence-corrected chi connectivity index (χ3v) is 13.2. The van der Waals surface area contributed by atoms with Crippen LogP contribution in [-0.4, -0.2) is 126 Å². The highest BCUT2D eigenvalue weighted by Gasteiger charge is 2.37. The normalized spacial score (nSPS) is 21.9. The van der Waals surface area contributed by atoms with E-state index in [9.17, 15) is 0 Å². The fourth-order valence-corrected chi connectivity index (χ4v) is 9.71. The first-order chi connectivity index (χ1) is 29.0. The molecule has 11 nitrogen and oxygen atoms in total. The van der Waals surface area contributed by atoms with Crippen LogP contribution in [0.25, 0.3) is 0 Å². The van der Waals surface area contributed by atoms with Crippen LogP contribution in [0.2, 0.25) is 0 Å². The van der Waals surface area contributed by atoms with E-state index in [1.54, 1.807) is 0 Å². The summed E-state index contributed by atoms with van der Waals surface area (Å²) in [6, 6.07) is 22.0. The van der Waals surface area contributed by atoms with Gasteiger partial charge >= 0.3 is 0 Å². The van der Waals surface area contributed by atoms with E-state index in [-0.39, 0.29) is 12.1 Å². The summed E-state index contributed by atoms with van der Waals surface area (Å²) in [4.78, 5) is 9.83. The molecule has 11 heteroatoms. The van der Waals surface area contributed by atoms with Crippen molar-refractivity contribution in [1.82, 2.24) is 19.6 Å². The molecule has 0 N–H and O–H groups in total. The maximum absolute atomic E-state index is 7.15. The molecule has 7 aliphatic heterocycles. The molecular weight excluding hydrogens is 745 g/mol. The molecule has 7 heterocycles. The first-order valence-electron chi connectivity index (χ1n) is 21.9. The van der Waals surface area contributed by atoms with Crippen LogP contribution in [0.5, 0.6) is 46.0 Å². The van der Waals surface area contributed by atoms with Gasteiger partial charge in [0.25, 0.3) is 0 Å². The number of fused-ring (bicyclic) bond motifs is 2. The van der Waals surface area contributed by atoms with Crippen LogP contribution in [0.3, 0.4) is 0 Å². The molecule has 4 aromatic rings. The smallest absolute Gasteiger partial charge is 0.212 e. The second kappa shape index (κ2) is 17.3. The predicted molar refractivity (Wildman–Crippen MR) is 226 cm³/mol. The molecule has 11 rings (SSSR count). The van der Waals surface area contributed by atoms with Crippen LogP contribution in [0.4, 0.5) is 0 Å². The highest BCUT2D eigenvalue weighted by molar-refractivity contribution is 5.67. The average molecular weight is 803 g/mol. The van der Waals surface area contributed by atoms with E-state index in [2.05, 4.69) is 94.4 Å². The Hall–Kier alpha value is -4.36. The number of rotatable bonds is 10. The molecule has 312 valence electrons. The lowest BCUT2D eigenvalue weighted by Gasteiger charge is -2.39. The van der Waals surface area contributed by atoms with Crippen molar-refractivity contribution in [3.8, 4) is 46.0 Å². The Balaban J connectivity index is 0.986. The van der Waals surface area contributed by atoms with Gasteiger partial charge in [-0.3, -0.25) is 19.6 Å². The van der Waals surface area contributed by atoms with Crippen LogP contribution in [0, 0.1) is 0 Å². The fourth-order valence-electron chi connectivity index (χ4n) is 9.71. The maximum Gasteiger partial charge on any atom is 0.212 e. The van der Waals surface area contributed by atoms with Crippen molar-refractivity contribution in [3.05, 3.63) is 94.0 Å². The zero-order valence-electron chi connectivity index (χ0n) is 34.7. The number of nitrogens with zero attached hydrogens (tertiary/aromatic N) is 4. The monoisotopic (exact) mass is 802 g/mol. The van der Waals surface area contributed by atoms with Gasteiger partial charge in [0.05, 0.1) is 39.6 Å². The van der Waals surface area contributed by atoms with Crippen LogP contribution >= 0.6 is 0 Å². The minimum Gasteiger partial charge on any atom is -0.490 e. The predicted octanol–water partition coefficient (Wildman–Crippen LogP) is 7.44. The molecule has 2 atom stereocenters. The van der Waals surface area contributed by atoms with Gasteiger partial charge in [0.1, 0.15) is 5.75 Å². The third-order valence-electron chi connectivity index (χ3n) is 13.2. The van der Waals surface area contributed by atoms with Gasteiger partial charge in [0.2, 0.25) is 5.75 Å². The summed E-state index contributed by atoms with van der Waals surface area (Å²) < 4.78 is 45.0. The Bertz CT molecular complexity index is 2120. The molecule has 0 unspecified atom stereocenters. The van der Waals surface area contributed by atoms with Gasteiger partial charge < -0.3 is 33.2 Å². The second-order valence-corrected chi connectivity index (χ2v) is 17.0. The molecule has 2 fully saturated rings. The lowest BCUT2D eigenvalue weighted by Crippen LogP contribution is -2.37. The summed E-state index contributed by atoms with van der Waals surface area (Å²) in [5, 5.41) is 0. The molecule has 2 saturated heterocycles. The van der Waals surface area contributed by atoms with E-state index in [1.165, 1.54) is 33.4 Å². The number of ether oxygens (including phenoxy) is 7. The molecule has 59 heavy (non-hydrogen) atoms. The van der Waals surface area contributed by atoms with E-state index >= 15 is 0 Å². The summed E-state index contributed by atoms with van der Waals surface area (Å²) >= 11 is 0.